The number of nitrogens with zero attached hydrogens (tertiary/aromatic N) is 2. The molecule has 2 aromatic rings. The van der Waals surface area contributed by atoms with Crippen molar-refractivity contribution in [2.24, 2.45) is 0 Å². The topological polar surface area (TPSA) is 48.7 Å². The summed E-state index contributed by atoms with van der Waals surface area (Å²) in [5.41, 5.74) is 1.22. The lowest BCUT2D eigenvalue weighted by molar-refractivity contribution is 0.587. The number of aromatic nitrogens is 1. The van der Waals surface area contributed by atoms with Gasteiger partial charge in [-0.05, 0) is 31.2 Å². The van der Waals surface area contributed by atoms with Gasteiger partial charge in [0.2, 0.25) is 0 Å². The number of pyridine rings is 1. The van der Waals surface area contributed by atoms with Gasteiger partial charge in [0.15, 0.2) is 11.6 Å². The average Bonchev–Trinajstić information content (AvgIpc) is 2.37. The van der Waals surface area contributed by atoms with Crippen molar-refractivity contribution >= 4 is 5.69 Å². The Morgan fingerprint density at radius 3 is 2.53 bits per heavy atom. The minimum atomic E-state index is -0.788. The number of hydrogen-bond acceptors (Lipinski definition) is 3. The fourth-order valence-corrected chi connectivity index (χ4v) is 1.68. The minimum Gasteiger partial charge on any atom is -0.375 e. The van der Waals surface area contributed by atoms with E-state index in [2.05, 4.69) is 10.3 Å². The lowest BCUT2D eigenvalue weighted by Crippen LogP contribution is -2.06. The Morgan fingerprint density at radius 1 is 1.26 bits per heavy atom. The van der Waals surface area contributed by atoms with Crippen molar-refractivity contribution in [2.75, 3.05) is 5.32 Å². The number of nitriles is 1. The van der Waals surface area contributed by atoms with Crippen molar-refractivity contribution < 1.29 is 8.78 Å². The van der Waals surface area contributed by atoms with Crippen LogP contribution in [0.4, 0.5) is 14.5 Å². The van der Waals surface area contributed by atoms with Gasteiger partial charge in [0, 0.05) is 5.69 Å². The zero-order valence-electron chi connectivity index (χ0n) is 10.2. The van der Waals surface area contributed by atoms with Crippen LogP contribution < -0.4 is 5.32 Å². The largest absolute Gasteiger partial charge is 0.375 e. The summed E-state index contributed by atoms with van der Waals surface area (Å²) in [5, 5.41) is 11.3. The van der Waals surface area contributed by atoms with Gasteiger partial charge in [-0.1, -0.05) is 6.07 Å². The molecule has 1 aromatic carbocycles. The first-order valence-corrected chi connectivity index (χ1v) is 5.65. The maximum absolute atomic E-state index is 13.6. The molecule has 0 saturated carbocycles. The van der Waals surface area contributed by atoms with Crippen LogP contribution >= 0.6 is 0 Å². The van der Waals surface area contributed by atoms with Crippen molar-refractivity contribution in [3.05, 3.63) is 58.9 Å². The molecule has 19 heavy (non-hydrogen) atoms. The Hall–Kier alpha value is -2.48. The van der Waals surface area contributed by atoms with Crippen molar-refractivity contribution in [2.45, 2.75) is 13.5 Å². The molecule has 0 saturated heterocycles. The third-order valence-electron chi connectivity index (χ3n) is 2.56. The number of benzene rings is 1. The highest BCUT2D eigenvalue weighted by atomic mass is 19.1. The molecule has 1 aromatic heterocycles. The van der Waals surface area contributed by atoms with Gasteiger partial charge in [-0.25, -0.2) is 8.78 Å². The van der Waals surface area contributed by atoms with E-state index in [1.54, 1.807) is 12.1 Å². The number of halogens is 2. The quantitative estimate of drug-likeness (QED) is 0.921. The van der Waals surface area contributed by atoms with Crippen molar-refractivity contribution in [1.29, 1.82) is 5.26 Å². The monoisotopic (exact) mass is 259 g/mol. The molecule has 1 N–H and O–H groups in total. The highest BCUT2D eigenvalue weighted by molar-refractivity contribution is 5.50. The van der Waals surface area contributed by atoms with E-state index in [9.17, 15) is 8.78 Å². The van der Waals surface area contributed by atoms with Gasteiger partial charge in [0.25, 0.3) is 0 Å². The van der Waals surface area contributed by atoms with E-state index in [0.29, 0.717) is 5.69 Å². The maximum atomic E-state index is 13.6. The first-order chi connectivity index (χ1) is 9.10. The average molecular weight is 259 g/mol. The van der Waals surface area contributed by atoms with E-state index in [-0.39, 0.29) is 17.8 Å². The van der Waals surface area contributed by atoms with Gasteiger partial charge < -0.3 is 5.32 Å². The molecular formula is C14H11F2N3. The summed E-state index contributed by atoms with van der Waals surface area (Å²) in [6, 6.07) is 9.11. The van der Waals surface area contributed by atoms with Gasteiger partial charge in [0.1, 0.15) is 5.69 Å². The summed E-state index contributed by atoms with van der Waals surface area (Å²) in [5.74, 6) is -1.58. The van der Waals surface area contributed by atoms with Crippen LogP contribution in [-0.4, -0.2) is 4.98 Å². The highest BCUT2D eigenvalue weighted by Crippen LogP contribution is 2.21. The summed E-state index contributed by atoms with van der Waals surface area (Å²) in [7, 11) is 0. The molecule has 0 atom stereocenters. The fraction of sp³-hybridized carbons (Fsp3) is 0.143. The smallest absolute Gasteiger partial charge is 0.150 e. The molecule has 0 fully saturated rings. The van der Waals surface area contributed by atoms with Crippen LogP contribution in [0.5, 0.6) is 0 Å². The van der Waals surface area contributed by atoms with Gasteiger partial charge >= 0.3 is 0 Å². The van der Waals surface area contributed by atoms with Crippen LogP contribution in [0.1, 0.15) is 17.0 Å². The van der Waals surface area contributed by atoms with Crippen LogP contribution in [0.3, 0.4) is 0 Å². The highest BCUT2D eigenvalue weighted by Gasteiger charge is 2.11. The van der Waals surface area contributed by atoms with Crippen molar-refractivity contribution in [3.63, 3.8) is 0 Å². The molecule has 0 unspecified atom stereocenters. The number of hydrogen-bond donors (Lipinski definition) is 1. The van der Waals surface area contributed by atoms with Crippen LogP contribution in [-0.2, 0) is 6.54 Å². The Labute approximate surface area is 109 Å². The zero-order chi connectivity index (χ0) is 13.8. The fourth-order valence-electron chi connectivity index (χ4n) is 1.68. The molecular weight excluding hydrogens is 248 g/mol. The Bertz CT molecular complexity index is 624. The van der Waals surface area contributed by atoms with Crippen molar-refractivity contribution in [1.82, 2.24) is 4.98 Å². The second kappa shape index (κ2) is 5.44. The summed E-state index contributed by atoms with van der Waals surface area (Å²) in [4.78, 5) is 4.22. The Morgan fingerprint density at radius 2 is 1.95 bits per heavy atom. The number of aryl methyl sites for hydroxylation is 1. The molecule has 0 amide bonds. The van der Waals surface area contributed by atoms with Gasteiger partial charge in [-0.3, -0.25) is 4.98 Å². The first kappa shape index (κ1) is 13.0. The predicted octanol–water partition coefficient (Wildman–Crippen LogP) is 3.15. The van der Waals surface area contributed by atoms with E-state index in [0.717, 1.165) is 17.8 Å². The second-order valence-electron chi connectivity index (χ2n) is 4.05. The van der Waals surface area contributed by atoms with Crippen LogP contribution in [0.25, 0.3) is 0 Å². The number of rotatable bonds is 3. The molecule has 2 rings (SSSR count). The van der Waals surface area contributed by atoms with E-state index in [4.69, 9.17) is 5.26 Å². The Kier molecular flexibility index (Phi) is 3.71. The van der Waals surface area contributed by atoms with E-state index in [1.165, 1.54) is 0 Å². The van der Waals surface area contributed by atoms with Crippen molar-refractivity contribution in [3.8, 4) is 6.07 Å². The molecule has 0 aliphatic carbocycles. The lowest BCUT2D eigenvalue weighted by atomic mass is 10.2. The molecule has 96 valence electrons. The standard InChI is InChI=1S/C14H11F2N3/c1-9-3-2-4-11(19-9)8-18-14-12(15)5-10(7-17)6-13(14)16/h2-6,18H,8H2,1H3. The summed E-state index contributed by atoms with van der Waals surface area (Å²) in [6.45, 7) is 2.05. The molecule has 1 heterocycles. The molecule has 0 aliphatic heterocycles. The molecule has 0 aliphatic rings. The van der Waals surface area contributed by atoms with E-state index in [1.807, 2.05) is 19.1 Å². The molecule has 5 heteroatoms. The molecule has 0 bridgehead atoms. The molecule has 0 radical (unpaired) electrons. The zero-order valence-corrected chi connectivity index (χ0v) is 10.2. The van der Waals surface area contributed by atoms with Gasteiger partial charge in [-0.2, -0.15) is 5.26 Å². The predicted molar refractivity (Wildman–Crippen MR) is 67.4 cm³/mol. The normalized spacial score (nSPS) is 10.0. The summed E-state index contributed by atoms with van der Waals surface area (Å²) < 4.78 is 27.2. The minimum absolute atomic E-state index is 0.0470. The second-order valence-corrected chi connectivity index (χ2v) is 4.05. The molecule has 3 nitrogen and oxygen atoms in total. The number of anilines is 1. The molecule has 0 spiro atoms. The lowest BCUT2D eigenvalue weighted by Gasteiger charge is -2.09. The first-order valence-electron chi connectivity index (χ1n) is 5.65. The van der Waals surface area contributed by atoms with E-state index >= 15 is 0 Å². The summed E-state index contributed by atoms with van der Waals surface area (Å²) >= 11 is 0. The third-order valence-corrected chi connectivity index (χ3v) is 2.56. The van der Waals surface area contributed by atoms with Gasteiger partial charge in [-0.15, -0.1) is 0 Å². The van der Waals surface area contributed by atoms with Crippen LogP contribution in [0.15, 0.2) is 30.3 Å². The maximum Gasteiger partial charge on any atom is 0.150 e. The van der Waals surface area contributed by atoms with Crippen LogP contribution in [0.2, 0.25) is 0 Å². The van der Waals surface area contributed by atoms with E-state index < -0.39 is 11.6 Å². The van der Waals surface area contributed by atoms with Gasteiger partial charge in [0.05, 0.1) is 23.9 Å². The van der Waals surface area contributed by atoms with Crippen LogP contribution in [0, 0.1) is 29.9 Å². The SMILES string of the molecule is Cc1cccc(CNc2c(F)cc(C#N)cc2F)n1. The number of nitrogens with one attached hydrogen (secondary N) is 1. The summed E-state index contributed by atoms with van der Waals surface area (Å²) in [6.07, 6.45) is 0. The Balaban J connectivity index is 2.18. The third kappa shape index (κ3) is 3.05.